The molecule has 2 N–H and O–H groups in total. The average molecular weight is 419 g/mol. The smallest absolute Gasteiger partial charge is 0.290 e. The Bertz CT molecular complexity index is 758. The molecule has 1 aromatic carbocycles. The van der Waals surface area contributed by atoms with Crippen molar-refractivity contribution in [1.82, 2.24) is 14.5 Å². The Hall–Kier alpha value is -3.33. The summed E-state index contributed by atoms with van der Waals surface area (Å²) < 4.78 is 13.6. The zero-order chi connectivity index (χ0) is 22.2. The fourth-order valence-corrected chi connectivity index (χ4v) is 3.09. The van der Waals surface area contributed by atoms with Crippen LogP contribution in [0.1, 0.15) is 18.9 Å². The molecule has 0 radical (unpaired) electrons. The number of methoxy groups -OCH3 is 1. The van der Waals surface area contributed by atoms with Crippen LogP contribution in [-0.4, -0.2) is 63.9 Å². The molecule has 1 unspecified atom stereocenters. The highest BCUT2D eigenvalue weighted by Gasteiger charge is 2.20. The first-order chi connectivity index (χ1) is 14.6. The molecule has 2 heterocycles. The van der Waals surface area contributed by atoms with Gasteiger partial charge in [-0.3, -0.25) is 14.5 Å². The van der Waals surface area contributed by atoms with E-state index in [2.05, 4.69) is 35.0 Å². The monoisotopic (exact) mass is 419 g/mol. The minimum atomic E-state index is -0.250. The summed E-state index contributed by atoms with van der Waals surface area (Å²) in [6.07, 6.45) is 11.2. The van der Waals surface area contributed by atoms with Crippen molar-refractivity contribution in [1.29, 1.82) is 0 Å². The molecule has 2 aromatic rings. The molecule has 0 amide bonds. The van der Waals surface area contributed by atoms with Crippen molar-refractivity contribution in [3.8, 4) is 11.5 Å². The van der Waals surface area contributed by atoms with Gasteiger partial charge in [0, 0.05) is 37.1 Å². The number of carbonyl (C=O) groups is 2. The average Bonchev–Trinajstić information content (AvgIpc) is 3.42. The van der Waals surface area contributed by atoms with Gasteiger partial charge in [0.25, 0.3) is 12.9 Å². The largest absolute Gasteiger partial charge is 0.493 e. The first-order valence-electron chi connectivity index (χ1n) is 9.45. The molecule has 0 saturated heterocycles. The highest BCUT2D eigenvalue weighted by molar-refractivity contribution is 5.46. The van der Waals surface area contributed by atoms with Gasteiger partial charge >= 0.3 is 0 Å². The number of imidazole rings is 1. The van der Waals surface area contributed by atoms with Crippen LogP contribution in [0.25, 0.3) is 0 Å². The molecule has 30 heavy (non-hydrogen) atoms. The molecule has 9 heteroatoms. The van der Waals surface area contributed by atoms with Crippen LogP contribution in [0, 0.1) is 0 Å². The number of para-hydroxylation sites is 1. The summed E-state index contributed by atoms with van der Waals surface area (Å²) in [5, 5.41) is 13.8. The number of benzene rings is 1. The first kappa shape index (κ1) is 24.7. The van der Waals surface area contributed by atoms with Crippen molar-refractivity contribution >= 4 is 12.9 Å². The third-order valence-corrected chi connectivity index (χ3v) is 4.39. The van der Waals surface area contributed by atoms with Crippen molar-refractivity contribution in [2.45, 2.75) is 32.5 Å². The quantitative estimate of drug-likeness (QED) is 0.496. The van der Waals surface area contributed by atoms with Gasteiger partial charge in [-0.25, -0.2) is 4.98 Å². The van der Waals surface area contributed by atoms with Gasteiger partial charge in [0.05, 0.1) is 20.0 Å². The topological polar surface area (TPSA) is 114 Å². The predicted molar refractivity (Wildman–Crippen MR) is 112 cm³/mol. The maximum atomic E-state index is 8.36. The molecule has 0 fully saturated rings. The fourth-order valence-electron chi connectivity index (χ4n) is 3.09. The van der Waals surface area contributed by atoms with Gasteiger partial charge in [0.2, 0.25) is 0 Å². The molecule has 3 rings (SSSR count). The molecule has 164 valence electrons. The van der Waals surface area contributed by atoms with Crippen molar-refractivity contribution in [2.75, 3.05) is 20.3 Å². The van der Waals surface area contributed by atoms with E-state index in [1.165, 1.54) is 5.56 Å². The van der Waals surface area contributed by atoms with Crippen LogP contribution in [0.3, 0.4) is 0 Å². The van der Waals surface area contributed by atoms with Crippen LogP contribution in [0.5, 0.6) is 11.5 Å². The summed E-state index contributed by atoms with van der Waals surface area (Å²) in [6, 6.07) is 6.62. The van der Waals surface area contributed by atoms with E-state index in [1.807, 2.05) is 22.9 Å². The van der Waals surface area contributed by atoms with Crippen LogP contribution in [0.2, 0.25) is 0 Å². The van der Waals surface area contributed by atoms with Crippen LogP contribution in [0.4, 0.5) is 0 Å². The van der Waals surface area contributed by atoms with E-state index < -0.39 is 0 Å². The number of aromatic nitrogens is 2. The van der Waals surface area contributed by atoms with Gasteiger partial charge in [-0.15, -0.1) is 0 Å². The Morgan fingerprint density at radius 3 is 2.60 bits per heavy atom. The second-order valence-electron chi connectivity index (χ2n) is 6.14. The SMILES string of the molecule is CCC1C=CCN1Cc1cccc(OC)c1OCCn1ccnc1.O=CO.O=CO. The lowest BCUT2D eigenvalue weighted by Crippen LogP contribution is -2.29. The standard InChI is InChI=1S/C19H25N3O2.2CH2O2/c1-3-17-7-5-10-22(17)14-16-6-4-8-18(23-2)19(16)24-13-12-21-11-9-20-15-21;2*2-1-3/h4-9,11,15,17H,3,10,12-14H2,1-2H3;2*1H,(H,2,3). The molecule has 0 saturated carbocycles. The van der Waals surface area contributed by atoms with Crippen molar-refractivity contribution in [3.63, 3.8) is 0 Å². The Labute approximate surface area is 176 Å². The van der Waals surface area contributed by atoms with Crippen molar-refractivity contribution in [3.05, 3.63) is 54.6 Å². The van der Waals surface area contributed by atoms with Gasteiger partial charge in [-0.2, -0.15) is 0 Å². The molecular weight excluding hydrogens is 390 g/mol. The van der Waals surface area contributed by atoms with Gasteiger partial charge in [-0.05, 0) is 12.5 Å². The summed E-state index contributed by atoms with van der Waals surface area (Å²) in [5.41, 5.74) is 1.17. The van der Waals surface area contributed by atoms with Gasteiger partial charge < -0.3 is 24.3 Å². The summed E-state index contributed by atoms with van der Waals surface area (Å²) in [7, 11) is 1.69. The van der Waals surface area contributed by atoms with Crippen molar-refractivity contribution < 1.29 is 29.3 Å². The summed E-state index contributed by atoms with van der Waals surface area (Å²) in [6.45, 7) is 4.92. The minimum absolute atomic E-state index is 0.250. The van der Waals surface area contributed by atoms with Crippen LogP contribution < -0.4 is 9.47 Å². The molecule has 9 nitrogen and oxygen atoms in total. The minimum Gasteiger partial charge on any atom is -0.493 e. The molecule has 1 aromatic heterocycles. The number of rotatable bonds is 8. The van der Waals surface area contributed by atoms with E-state index in [0.717, 1.165) is 37.6 Å². The predicted octanol–water partition coefficient (Wildman–Crippen LogP) is 2.52. The van der Waals surface area contributed by atoms with Gasteiger partial charge in [-0.1, -0.05) is 31.2 Å². The molecular formula is C21H29N3O6. The lowest BCUT2D eigenvalue weighted by Gasteiger charge is -2.25. The zero-order valence-corrected chi connectivity index (χ0v) is 17.3. The number of hydrogen-bond acceptors (Lipinski definition) is 6. The summed E-state index contributed by atoms with van der Waals surface area (Å²) in [4.78, 5) is 23.2. The molecule has 1 aliphatic heterocycles. The fraction of sp³-hybridized carbons (Fsp3) is 0.381. The normalized spacial score (nSPS) is 14.7. The van der Waals surface area contributed by atoms with Crippen LogP contribution in [-0.2, 0) is 22.7 Å². The molecule has 0 bridgehead atoms. The molecule has 0 spiro atoms. The zero-order valence-electron chi connectivity index (χ0n) is 17.3. The second-order valence-corrected chi connectivity index (χ2v) is 6.14. The maximum absolute atomic E-state index is 8.36. The highest BCUT2D eigenvalue weighted by Crippen LogP contribution is 2.33. The van der Waals surface area contributed by atoms with Gasteiger partial charge in [0.1, 0.15) is 6.61 Å². The summed E-state index contributed by atoms with van der Waals surface area (Å²) >= 11 is 0. The maximum Gasteiger partial charge on any atom is 0.290 e. The Morgan fingerprint density at radius 2 is 2.00 bits per heavy atom. The summed E-state index contributed by atoms with van der Waals surface area (Å²) in [5.74, 6) is 1.64. The number of nitrogens with zero attached hydrogens (tertiary/aromatic N) is 3. The van der Waals surface area contributed by atoms with E-state index >= 15 is 0 Å². The van der Waals surface area contributed by atoms with E-state index in [9.17, 15) is 0 Å². The second kappa shape index (κ2) is 14.6. The Morgan fingerprint density at radius 1 is 1.27 bits per heavy atom. The lowest BCUT2D eigenvalue weighted by atomic mass is 10.1. The Kier molecular flexibility index (Phi) is 12.1. The molecule has 1 aliphatic rings. The van der Waals surface area contributed by atoms with Crippen LogP contribution >= 0.6 is 0 Å². The number of hydrogen-bond donors (Lipinski definition) is 2. The Balaban J connectivity index is 0.000000672. The molecule has 0 aliphatic carbocycles. The third-order valence-electron chi connectivity index (χ3n) is 4.39. The van der Waals surface area contributed by atoms with E-state index in [1.54, 1.807) is 19.6 Å². The first-order valence-corrected chi connectivity index (χ1v) is 9.45. The third kappa shape index (κ3) is 7.96. The lowest BCUT2D eigenvalue weighted by molar-refractivity contribution is -0.123. The molecule has 1 atom stereocenters. The van der Waals surface area contributed by atoms with E-state index in [4.69, 9.17) is 29.3 Å². The van der Waals surface area contributed by atoms with Crippen molar-refractivity contribution in [2.24, 2.45) is 0 Å². The highest BCUT2D eigenvalue weighted by atomic mass is 16.5. The van der Waals surface area contributed by atoms with E-state index in [0.29, 0.717) is 12.6 Å². The number of carboxylic acid groups (broad SMARTS) is 2. The van der Waals surface area contributed by atoms with Gasteiger partial charge in [0.15, 0.2) is 11.5 Å². The van der Waals surface area contributed by atoms with Crippen LogP contribution in [0.15, 0.2) is 49.1 Å². The van der Waals surface area contributed by atoms with E-state index in [-0.39, 0.29) is 12.9 Å². The number of ether oxygens (including phenoxy) is 2.